The fourth-order valence-electron chi connectivity index (χ4n) is 2.24. The summed E-state index contributed by atoms with van der Waals surface area (Å²) in [7, 11) is 4.54. The Kier molecular flexibility index (Phi) is 5.97. The lowest BCUT2D eigenvalue weighted by Crippen LogP contribution is -2.27. The Balaban J connectivity index is 2.01. The van der Waals surface area contributed by atoms with E-state index in [2.05, 4.69) is 5.32 Å². The van der Waals surface area contributed by atoms with Gasteiger partial charge in [0.25, 0.3) is 5.24 Å². The Morgan fingerprint density at radius 3 is 2.35 bits per heavy atom. The van der Waals surface area contributed by atoms with E-state index in [4.69, 9.17) is 14.2 Å². The molecule has 0 radical (unpaired) electrons. The standard InChI is InChI=1S/C15H20N2O5S/c1-20-11-8-10(9-12(21-2)14(11)22-3)16-13(18)4-5-17-6-7-23-15(17)19/h8-9H,4-7H2,1-3H3,(H,16,18). The summed E-state index contributed by atoms with van der Waals surface area (Å²) < 4.78 is 15.7. The van der Waals surface area contributed by atoms with Crippen LogP contribution in [-0.4, -0.2) is 56.2 Å². The maximum Gasteiger partial charge on any atom is 0.281 e. The highest BCUT2D eigenvalue weighted by Crippen LogP contribution is 2.39. The van der Waals surface area contributed by atoms with Crippen LogP contribution in [0.25, 0.3) is 0 Å². The molecule has 23 heavy (non-hydrogen) atoms. The zero-order valence-electron chi connectivity index (χ0n) is 13.4. The lowest BCUT2D eigenvalue weighted by molar-refractivity contribution is -0.116. The van der Waals surface area contributed by atoms with E-state index in [1.807, 2.05) is 0 Å². The third-order valence-corrected chi connectivity index (χ3v) is 4.29. The second-order valence-corrected chi connectivity index (χ2v) is 5.86. The smallest absolute Gasteiger partial charge is 0.281 e. The van der Waals surface area contributed by atoms with Gasteiger partial charge in [-0.25, -0.2) is 0 Å². The molecule has 2 amide bonds. The van der Waals surface area contributed by atoms with Crippen LogP contribution >= 0.6 is 11.8 Å². The highest BCUT2D eigenvalue weighted by Gasteiger charge is 2.21. The van der Waals surface area contributed by atoms with E-state index in [-0.39, 0.29) is 17.6 Å². The summed E-state index contributed by atoms with van der Waals surface area (Å²) in [6.07, 6.45) is 0.239. The van der Waals surface area contributed by atoms with Gasteiger partial charge < -0.3 is 24.4 Å². The lowest BCUT2D eigenvalue weighted by Gasteiger charge is -2.16. The third-order valence-electron chi connectivity index (χ3n) is 3.40. The van der Waals surface area contributed by atoms with Gasteiger partial charge in [-0.05, 0) is 0 Å². The first-order chi connectivity index (χ1) is 11.1. The molecule has 1 aromatic carbocycles. The van der Waals surface area contributed by atoms with Gasteiger partial charge in [0.1, 0.15) is 0 Å². The quantitative estimate of drug-likeness (QED) is 0.820. The zero-order valence-corrected chi connectivity index (χ0v) is 14.2. The van der Waals surface area contributed by atoms with Crippen LogP contribution in [0.2, 0.25) is 0 Å². The van der Waals surface area contributed by atoms with E-state index < -0.39 is 0 Å². The van der Waals surface area contributed by atoms with E-state index in [1.54, 1.807) is 17.0 Å². The summed E-state index contributed by atoms with van der Waals surface area (Å²) in [5, 5.41) is 2.82. The van der Waals surface area contributed by atoms with Crippen molar-refractivity contribution in [3.63, 3.8) is 0 Å². The van der Waals surface area contributed by atoms with Gasteiger partial charge in [-0.1, -0.05) is 11.8 Å². The molecule has 1 heterocycles. The Morgan fingerprint density at radius 1 is 1.22 bits per heavy atom. The van der Waals surface area contributed by atoms with Crippen molar-refractivity contribution in [3.8, 4) is 17.2 Å². The Morgan fingerprint density at radius 2 is 1.87 bits per heavy atom. The maximum atomic E-state index is 12.1. The predicted molar refractivity (Wildman–Crippen MR) is 88.8 cm³/mol. The highest BCUT2D eigenvalue weighted by atomic mass is 32.2. The second-order valence-electron chi connectivity index (χ2n) is 4.81. The molecule has 0 bridgehead atoms. The number of thioether (sulfide) groups is 1. The number of benzene rings is 1. The first kappa shape index (κ1) is 17.3. The number of carbonyl (C=O) groups is 2. The molecule has 0 spiro atoms. The van der Waals surface area contributed by atoms with E-state index >= 15 is 0 Å². The van der Waals surface area contributed by atoms with Gasteiger partial charge >= 0.3 is 0 Å². The van der Waals surface area contributed by atoms with E-state index in [0.29, 0.717) is 36.0 Å². The molecule has 0 aliphatic carbocycles. The number of rotatable bonds is 7. The van der Waals surface area contributed by atoms with Gasteiger partial charge in [-0.15, -0.1) is 0 Å². The van der Waals surface area contributed by atoms with Gasteiger partial charge in [0.15, 0.2) is 11.5 Å². The summed E-state index contributed by atoms with van der Waals surface area (Å²) in [5.74, 6) is 2.01. The van der Waals surface area contributed by atoms with Gasteiger partial charge in [-0.3, -0.25) is 9.59 Å². The van der Waals surface area contributed by atoms with Crippen LogP contribution in [0, 0.1) is 0 Å². The van der Waals surface area contributed by atoms with Gasteiger partial charge in [0.05, 0.1) is 21.3 Å². The van der Waals surface area contributed by atoms with E-state index in [9.17, 15) is 9.59 Å². The SMILES string of the molecule is COc1cc(NC(=O)CCN2CCSC2=O)cc(OC)c1OC. The second kappa shape index (κ2) is 7.96. The molecule has 0 unspecified atom stereocenters. The number of nitrogens with zero attached hydrogens (tertiary/aromatic N) is 1. The molecular weight excluding hydrogens is 320 g/mol. The van der Waals surface area contributed by atoms with E-state index in [1.165, 1.54) is 33.1 Å². The average Bonchev–Trinajstić information content (AvgIpc) is 2.97. The van der Waals surface area contributed by atoms with Crippen molar-refractivity contribution in [1.29, 1.82) is 0 Å². The predicted octanol–water partition coefficient (Wildman–Crippen LogP) is 2.21. The molecule has 1 N–H and O–H groups in total. The minimum Gasteiger partial charge on any atom is -0.493 e. The third kappa shape index (κ3) is 4.22. The van der Waals surface area contributed by atoms with Gasteiger partial charge in [0, 0.05) is 43.1 Å². The Hall–Kier alpha value is -2.09. The van der Waals surface area contributed by atoms with Crippen molar-refractivity contribution in [2.45, 2.75) is 6.42 Å². The molecule has 1 aromatic rings. The molecule has 0 saturated carbocycles. The van der Waals surface area contributed by atoms with Crippen molar-refractivity contribution in [1.82, 2.24) is 4.90 Å². The highest BCUT2D eigenvalue weighted by molar-refractivity contribution is 8.13. The molecule has 126 valence electrons. The average molecular weight is 340 g/mol. The molecule has 7 nitrogen and oxygen atoms in total. The molecule has 1 fully saturated rings. The van der Waals surface area contributed by atoms with Gasteiger partial charge in [0.2, 0.25) is 11.7 Å². The number of nitrogens with one attached hydrogen (secondary N) is 1. The maximum absolute atomic E-state index is 12.1. The van der Waals surface area contributed by atoms with Crippen LogP contribution in [-0.2, 0) is 4.79 Å². The van der Waals surface area contributed by atoms with Crippen LogP contribution in [0.4, 0.5) is 10.5 Å². The first-order valence-corrected chi connectivity index (χ1v) is 8.09. The van der Waals surface area contributed by atoms with Crippen molar-refractivity contribution in [3.05, 3.63) is 12.1 Å². The number of hydrogen-bond acceptors (Lipinski definition) is 6. The molecule has 0 aromatic heterocycles. The van der Waals surface area contributed by atoms with Crippen LogP contribution < -0.4 is 19.5 Å². The molecule has 0 atom stereocenters. The molecule has 1 aliphatic heterocycles. The van der Waals surface area contributed by atoms with Crippen LogP contribution in [0.15, 0.2) is 12.1 Å². The van der Waals surface area contributed by atoms with Crippen LogP contribution in [0.5, 0.6) is 17.2 Å². The van der Waals surface area contributed by atoms with Crippen molar-refractivity contribution >= 4 is 28.6 Å². The number of anilines is 1. The van der Waals surface area contributed by atoms with Crippen molar-refractivity contribution < 1.29 is 23.8 Å². The Bertz CT molecular complexity index is 568. The molecule has 8 heteroatoms. The molecule has 1 saturated heterocycles. The fourth-order valence-corrected chi connectivity index (χ4v) is 3.09. The number of ether oxygens (including phenoxy) is 3. The van der Waals surface area contributed by atoms with E-state index in [0.717, 1.165) is 5.75 Å². The normalized spacial score (nSPS) is 13.9. The van der Waals surface area contributed by atoms with Crippen LogP contribution in [0.1, 0.15) is 6.42 Å². The van der Waals surface area contributed by atoms with Crippen molar-refractivity contribution in [2.24, 2.45) is 0 Å². The lowest BCUT2D eigenvalue weighted by atomic mass is 10.2. The number of methoxy groups -OCH3 is 3. The number of carbonyl (C=O) groups excluding carboxylic acids is 2. The van der Waals surface area contributed by atoms with Crippen LogP contribution in [0.3, 0.4) is 0 Å². The summed E-state index contributed by atoms with van der Waals surface area (Å²) in [5.41, 5.74) is 0.548. The summed E-state index contributed by atoms with van der Waals surface area (Å²) in [4.78, 5) is 25.2. The Labute approximate surface area is 139 Å². The largest absolute Gasteiger partial charge is 0.493 e. The summed E-state index contributed by atoms with van der Waals surface area (Å²) in [6, 6.07) is 3.33. The topological polar surface area (TPSA) is 77.1 Å². The first-order valence-electron chi connectivity index (χ1n) is 7.10. The van der Waals surface area contributed by atoms with Crippen molar-refractivity contribution in [2.75, 3.05) is 45.5 Å². The molecule has 2 rings (SSSR count). The zero-order chi connectivity index (χ0) is 16.8. The number of amides is 2. The molecular formula is C15H20N2O5S. The summed E-state index contributed by atoms with van der Waals surface area (Å²) >= 11 is 1.28. The summed E-state index contributed by atoms with van der Waals surface area (Å²) in [6.45, 7) is 1.11. The fraction of sp³-hybridized carbons (Fsp3) is 0.467. The minimum absolute atomic E-state index is 0.0329. The minimum atomic E-state index is -0.177. The van der Waals surface area contributed by atoms with Gasteiger partial charge in [-0.2, -0.15) is 0 Å². The molecule has 1 aliphatic rings. The number of hydrogen-bond donors (Lipinski definition) is 1. The monoisotopic (exact) mass is 340 g/mol.